The molecule has 0 fully saturated rings. The molecule has 0 amide bonds. The number of nitrogen functional groups attached to an aromatic ring is 1. The minimum Gasteiger partial charge on any atom is -0.384 e. The second-order valence-electron chi connectivity index (χ2n) is 2.98. The van der Waals surface area contributed by atoms with Crippen molar-refractivity contribution in [2.75, 3.05) is 17.2 Å². The Morgan fingerprint density at radius 3 is 2.92 bits per heavy atom. The Kier molecular flexibility index (Phi) is 4.15. The SMILES string of the molecule is CCSCCCn1nc(C)cc1N. The van der Waals surface area contributed by atoms with Crippen molar-refractivity contribution in [1.82, 2.24) is 9.78 Å². The van der Waals surface area contributed by atoms with Crippen LogP contribution in [0.5, 0.6) is 0 Å². The van der Waals surface area contributed by atoms with Crippen molar-refractivity contribution in [3.05, 3.63) is 11.8 Å². The Labute approximate surface area is 83.7 Å². The Balaban J connectivity index is 2.32. The van der Waals surface area contributed by atoms with Crippen LogP contribution in [0.4, 0.5) is 5.82 Å². The van der Waals surface area contributed by atoms with E-state index in [0.717, 1.165) is 24.5 Å². The summed E-state index contributed by atoms with van der Waals surface area (Å²) in [7, 11) is 0. The molecule has 13 heavy (non-hydrogen) atoms. The van der Waals surface area contributed by atoms with Crippen molar-refractivity contribution in [2.24, 2.45) is 0 Å². The largest absolute Gasteiger partial charge is 0.384 e. The summed E-state index contributed by atoms with van der Waals surface area (Å²) in [5.41, 5.74) is 6.75. The molecule has 0 saturated carbocycles. The van der Waals surface area contributed by atoms with Crippen LogP contribution in [0.25, 0.3) is 0 Å². The van der Waals surface area contributed by atoms with Crippen molar-refractivity contribution >= 4 is 17.6 Å². The van der Waals surface area contributed by atoms with Gasteiger partial charge >= 0.3 is 0 Å². The fourth-order valence-electron chi connectivity index (χ4n) is 1.21. The predicted molar refractivity (Wildman–Crippen MR) is 59.0 cm³/mol. The molecule has 1 aromatic heterocycles. The van der Waals surface area contributed by atoms with Gasteiger partial charge in [0.1, 0.15) is 5.82 Å². The lowest BCUT2D eigenvalue weighted by Gasteiger charge is -2.02. The first kappa shape index (κ1) is 10.4. The van der Waals surface area contributed by atoms with E-state index in [0.29, 0.717) is 0 Å². The van der Waals surface area contributed by atoms with Gasteiger partial charge in [0, 0.05) is 12.6 Å². The zero-order chi connectivity index (χ0) is 9.68. The maximum Gasteiger partial charge on any atom is 0.121 e. The minimum absolute atomic E-state index is 0.777. The molecule has 74 valence electrons. The van der Waals surface area contributed by atoms with Crippen molar-refractivity contribution in [3.8, 4) is 0 Å². The molecule has 1 aromatic rings. The fraction of sp³-hybridized carbons (Fsp3) is 0.667. The molecule has 1 rings (SSSR count). The van der Waals surface area contributed by atoms with Gasteiger partial charge in [-0.1, -0.05) is 6.92 Å². The van der Waals surface area contributed by atoms with Crippen molar-refractivity contribution in [2.45, 2.75) is 26.8 Å². The van der Waals surface area contributed by atoms with E-state index in [1.165, 1.54) is 11.5 Å². The molecule has 0 aliphatic rings. The van der Waals surface area contributed by atoms with Crippen molar-refractivity contribution in [3.63, 3.8) is 0 Å². The Morgan fingerprint density at radius 2 is 2.38 bits per heavy atom. The van der Waals surface area contributed by atoms with Crippen LogP contribution in [0.1, 0.15) is 19.0 Å². The minimum atomic E-state index is 0.777. The Hall–Kier alpha value is -0.640. The zero-order valence-electron chi connectivity index (χ0n) is 8.29. The topological polar surface area (TPSA) is 43.8 Å². The lowest BCUT2D eigenvalue weighted by atomic mass is 10.4. The van der Waals surface area contributed by atoms with E-state index < -0.39 is 0 Å². The van der Waals surface area contributed by atoms with Gasteiger partial charge in [-0.25, -0.2) is 4.68 Å². The van der Waals surface area contributed by atoms with E-state index in [2.05, 4.69) is 12.0 Å². The van der Waals surface area contributed by atoms with E-state index in [9.17, 15) is 0 Å². The number of hydrogen-bond donors (Lipinski definition) is 1. The molecular weight excluding hydrogens is 182 g/mol. The van der Waals surface area contributed by atoms with E-state index in [4.69, 9.17) is 5.73 Å². The predicted octanol–water partition coefficient (Wildman–Crippen LogP) is 1.92. The monoisotopic (exact) mass is 199 g/mol. The molecule has 0 aromatic carbocycles. The maximum atomic E-state index is 5.75. The van der Waals surface area contributed by atoms with Gasteiger partial charge in [-0.2, -0.15) is 16.9 Å². The van der Waals surface area contributed by atoms with Crippen LogP contribution in [-0.4, -0.2) is 21.3 Å². The summed E-state index contributed by atoms with van der Waals surface area (Å²) >= 11 is 1.96. The number of hydrogen-bond acceptors (Lipinski definition) is 3. The number of rotatable bonds is 5. The van der Waals surface area contributed by atoms with Gasteiger partial charge in [0.15, 0.2) is 0 Å². The van der Waals surface area contributed by atoms with Crippen LogP contribution in [0, 0.1) is 6.92 Å². The molecule has 0 bridgehead atoms. The number of thioether (sulfide) groups is 1. The maximum absolute atomic E-state index is 5.75. The highest BCUT2D eigenvalue weighted by Gasteiger charge is 1.99. The van der Waals surface area contributed by atoms with E-state index in [1.807, 2.05) is 29.4 Å². The van der Waals surface area contributed by atoms with E-state index in [-0.39, 0.29) is 0 Å². The zero-order valence-corrected chi connectivity index (χ0v) is 9.10. The second-order valence-corrected chi connectivity index (χ2v) is 4.38. The molecule has 2 N–H and O–H groups in total. The lowest BCUT2D eigenvalue weighted by Crippen LogP contribution is -2.05. The number of aryl methyl sites for hydroxylation is 2. The van der Waals surface area contributed by atoms with Crippen molar-refractivity contribution < 1.29 is 0 Å². The third-order valence-electron chi connectivity index (χ3n) is 1.80. The highest BCUT2D eigenvalue weighted by Crippen LogP contribution is 2.08. The number of aromatic nitrogens is 2. The van der Waals surface area contributed by atoms with Crippen LogP contribution in [0.15, 0.2) is 6.07 Å². The summed E-state index contributed by atoms with van der Waals surface area (Å²) in [6, 6.07) is 1.91. The first-order valence-electron chi connectivity index (χ1n) is 4.61. The van der Waals surface area contributed by atoms with Gasteiger partial charge in [0.2, 0.25) is 0 Å². The first-order chi connectivity index (χ1) is 6.24. The second kappa shape index (κ2) is 5.17. The van der Waals surface area contributed by atoms with Crippen molar-refractivity contribution in [1.29, 1.82) is 0 Å². The third kappa shape index (κ3) is 3.30. The van der Waals surface area contributed by atoms with Crippen LogP contribution >= 0.6 is 11.8 Å². The summed E-state index contributed by atoms with van der Waals surface area (Å²) in [5.74, 6) is 3.15. The summed E-state index contributed by atoms with van der Waals surface area (Å²) in [6.07, 6.45) is 1.14. The van der Waals surface area contributed by atoms with Crippen LogP contribution in [0.2, 0.25) is 0 Å². The Bertz CT molecular complexity index is 257. The molecule has 3 nitrogen and oxygen atoms in total. The Morgan fingerprint density at radius 1 is 1.62 bits per heavy atom. The third-order valence-corrected chi connectivity index (χ3v) is 2.78. The summed E-state index contributed by atoms with van der Waals surface area (Å²) in [6.45, 7) is 5.08. The van der Waals surface area contributed by atoms with Gasteiger partial charge in [0.25, 0.3) is 0 Å². The fourth-order valence-corrected chi connectivity index (χ4v) is 1.83. The van der Waals surface area contributed by atoms with Gasteiger partial charge in [0.05, 0.1) is 5.69 Å². The van der Waals surface area contributed by atoms with E-state index in [1.54, 1.807) is 0 Å². The lowest BCUT2D eigenvalue weighted by molar-refractivity contribution is 0.610. The molecule has 0 saturated heterocycles. The average Bonchev–Trinajstić information content (AvgIpc) is 2.39. The molecule has 1 heterocycles. The molecular formula is C9H17N3S. The number of nitrogens with two attached hydrogens (primary N) is 1. The molecule has 0 spiro atoms. The normalized spacial score (nSPS) is 10.6. The highest BCUT2D eigenvalue weighted by atomic mass is 32.2. The molecule has 0 unspecified atom stereocenters. The van der Waals surface area contributed by atoms with Gasteiger partial charge in [-0.05, 0) is 24.9 Å². The molecule has 0 atom stereocenters. The first-order valence-corrected chi connectivity index (χ1v) is 5.77. The summed E-state index contributed by atoms with van der Waals surface area (Å²) < 4.78 is 1.88. The number of nitrogens with zero attached hydrogens (tertiary/aromatic N) is 2. The molecule has 0 aliphatic carbocycles. The molecule has 0 aliphatic heterocycles. The van der Waals surface area contributed by atoms with Crippen LogP contribution in [0.3, 0.4) is 0 Å². The summed E-state index contributed by atoms with van der Waals surface area (Å²) in [4.78, 5) is 0. The standard InChI is InChI=1S/C9H17N3S/c1-3-13-6-4-5-12-9(10)7-8(2)11-12/h7H,3-6,10H2,1-2H3. The quantitative estimate of drug-likeness (QED) is 0.737. The molecule has 0 radical (unpaired) electrons. The van der Waals surface area contributed by atoms with E-state index >= 15 is 0 Å². The smallest absolute Gasteiger partial charge is 0.121 e. The van der Waals surface area contributed by atoms with Gasteiger partial charge < -0.3 is 5.73 Å². The summed E-state index contributed by atoms with van der Waals surface area (Å²) in [5, 5.41) is 4.29. The average molecular weight is 199 g/mol. The van der Waals surface area contributed by atoms with Crippen LogP contribution < -0.4 is 5.73 Å². The van der Waals surface area contributed by atoms with Gasteiger partial charge in [-0.15, -0.1) is 0 Å². The van der Waals surface area contributed by atoms with Crippen LogP contribution in [-0.2, 0) is 6.54 Å². The van der Waals surface area contributed by atoms with Gasteiger partial charge in [-0.3, -0.25) is 0 Å². The number of anilines is 1. The molecule has 4 heteroatoms. The highest BCUT2D eigenvalue weighted by molar-refractivity contribution is 7.99.